The minimum atomic E-state index is -0.325. The highest BCUT2D eigenvalue weighted by Crippen LogP contribution is 2.46. The third kappa shape index (κ3) is 2.76. The smallest absolute Gasteiger partial charge is 0.0656 e. The van der Waals surface area contributed by atoms with Gasteiger partial charge in [0.15, 0.2) is 0 Å². The van der Waals surface area contributed by atoms with E-state index in [1.807, 2.05) is 6.92 Å². The second-order valence-electron chi connectivity index (χ2n) is 5.46. The highest BCUT2D eigenvalue weighted by molar-refractivity contribution is 4.96. The zero-order chi connectivity index (χ0) is 12.2. The Labute approximate surface area is 99.4 Å². The summed E-state index contributed by atoms with van der Waals surface area (Å²) in [5.41, 5.74) is 5.86. The lowest BCUT2D eigenvalue weighted by Crippen LogP contribution is -2.44. The van der Waals surface area contributed by atoms with E-state index in [-0.39, 0.29) is 17.4 Å². The molecule has 0 aliphatic heterocycles. The summed E-state index contributed by atoms with van der Waals surface area (Å²) in [6.07, 6.45) is 4.23. The van der Waals surface area contributed by atoms with Gasteiger partial charge in [-0.05, 0) is 25.2 Å². The number of hydrogen-bond donors (Lipinski definition) is 2. The summed E-state index contributed by atoms with van der Waals surface area (Å²) in [6, 6.07) is 0. The Morgan fingerprint density at radius 2 is 2.25 bits per heavy atom. The fraction of sp³-hybridized carbons (Fsp3) is 1.00. The molecule has 3 nitrogen and oxygen atoms in total. The van der Waals surface area contributed by atoms with E-state index in [2.05, 4.69) is 6.92 Å². The Hall–Kier alpha value is -0.120. The van der Waals surface area contributed by atoms with Crippen molar-refractivity contribution in [2.75, 3.05) is 20.3 Å². The van der Waals surface area contributed by atoms with Crippen LogP contribution in [0.25, 0.3) is 0 Å². The summed E-state index contributed by atoms with van der Waals surface area (Å²) >= 11 is 0. The van der Waals surface area contributed by atoms with Crippen molar-refractivity contribution in [3.05, 3.63) is 0 Å². The van der Waals surface area contributed by atoms with Gasteiger partial charge in [0.2, 0.25) is 0 Å². The van der Waals surface area contributed by atoms with E-state index >= 15 is 0 Å². The third-order valence-electron chi connectivity index (χ3n) is 4.33. The molecule has 1 aliphatic rings. The van der Waals surface area contributed by atoms with E-state index in [1.54, 1.807) is 7.11 Å². The van der Waals surface area contributed by atoms with Crippen molar-refractivity contribution in [3.63, 3.8) is 0 Å². The quantitative estimate of drug-likeness (QED) is 0.730. The van der Waals surface area contributed by atoms with Crippen molar-refractivity contribution in [3.8, 4) is 0 Å². The molecule has 4 unspecified atom stereocenters. The van der Waals surface area contributed by atoms with Crippen LogP contribution in [0.5, 0.6) is 0 Å². The average molecular weight is 229 g/mol. The summed E-state index contributed by atoms with van der Waals surface area (Å²) in [5.74, 6) is 0.914. The second kappa shape index (κ2) is 5.99. The van der Waals surface area contributed by atoms with Crippen LogP contribution in [-0.2, 0) is 4.74 Å². The van der Waals surface area contributed by atoms with Gasteiger partial charge in [0.1, 0.15) is 0 Å². The first kappa shape index (κ1) is 13.9. The second-order valence-corrected chi connectivity index (χ2v) is 5.46. The Balaban J connectivity index is 2.65. The molecule has 0 saturated heterocycles. The molecule has 0 aromatic carbocycles. The van der Waals surface area contributed by atoms with Crippen LogP contribution in [0.15, 0.2) is 0 Å². The monoisotopic (exact) mass is 229 g/mol. The van der Waals surface area contributed by atoms with E-state index in [0.717, 1.165) is 18.8 Å². The summed E-state index contributed by atoms with van der Waals surface area (Å²) in [5, 5.41) is 10.5. The van der Waals surface area contributed by atoms with Crippen LogP contribution >= 0.6 is 0 Å². The summed E-state index contributed by atoms with van der Waals surface area (Å²) in [6.45, 7) is 5.48. The van der Waals surface area contributed by atoms with Crippen LogP contribution in [0.4, 0.5) is 0 Å². The number of hydrogen-bond acceptors (Lipinski definition) is 3. The lowest BCUT2D eigenvalue weighted by Gasteiger charge is -2.36. The van der Waals surface area contributed by atoms with E-state index in [9.17, 15) is 5.11 Å². The van der Waals surface area contributed by atoms with E-state index in [4.69, 9.17) is 10.5 Å². The van der Waals surface area contributed by atoms with Gasteiger partial charge in [-0.15, -0.1) is 0 Å². The van der Waals surface area contributed by atoms with Crippen LogP contribution in [0.2, 0.25) is 0 Å². The van der Waals surface area contributed by atoms with Crippen molar-refractivity contribution >= 4 is 0 Å². The van der Waals surface area contributed by atoms with E-state index < -0.39 is 0 Å². The van der Waals surface area contributed by atoms with Crippen LogP contribution in [-0.4, -0.2) is 31.5 Å². The van der Waals surface area contributed by atoms with Gasteiger partial charge in [-0.3, -0.25) is 0 Å². The van der Waals surface area contributed by atoms with Gasteiger partial charge in [-0.1, -0.05) is 20.3 Å². The van der Waals surface area contributed by atoms with Gasteiger partial charge in [0.05, 0.1) is 12.7 Å². The fourth-order valence-electron chi connectivity index (χ4n) is 3.15. The molecular formula is C13H27NO2. The molecule has 0 bridgehead atoms. The summed E-state index contributed by atoms with van der Waals surface area (Å²) in [7, 11) is 1.68. The molecule has 1 saturated carbocycles. The number of methoxy groups -OCH3 is 1. The molecule has 3 heteroatoms. The minimum absolute atomic E-state index is 0.0569. The zero-order valence-electron chi connectivity index (χ0n) is 10.9. The molecule has 0 radical (unpaired) electrons. The van der Waals surface area contributed by atoms with Crippen molar-refractivity contribution in [1.82, 2.24) is 0 Å². The molecular weight excluding hydrogens is 202 g/mol. The molecule has 16 heavy (non-hydrogen) atoms. The van der Waals surface area contributed by atoms with Crippen molar-refractivity contribution in [2.24, 2.45) is 23.0 Å². The number of nitrogens with two attached hydrogens (primary N) is 1. The topological polar surface area (TPSA) is 55.5 Å². The Kier molecular flexibility index (Phi) is 5.22. The number of aliphatic hydroxyl groups excluding tert-OH is 1. The Bertz CT molecular complexity index is 210. The highest BCUT2D eigenvalue weighted by atomic mass is 16.5. The van der Waals surface area contributed by atoms with Crippen LogP contribution in [0.1, 0.15) is 39.5 Å². The van der Waals surface area contributed by atoms with Crippen molar-refractivity contribution in [1.29, 1.82) is 0 Å². The van der Waals surface area contributed by atoms with Crippen molar-refractivity contribution in [2.45, 2.75) is 45.6 Å². The third-order valence-corrected chi connectivity index (χ3v) is 4.33. The maximum absolute atomic E-state index is 10.5. The van der Waals surface area contributed by atoms with Crippen LogP contribution in [0, 0.1) is 17.3 Å². The molecule has 3 N–H and O–H groups in total. The Morgan fingerprint density at radius 1 is 1.56 bits per heavy atom. The summed E-state index contributed by atoms with van der Waals surface area (Å²) in [4.78, 5) is 0. The highest BCUT2D eigenvalue weighted by Gasteiger charge is 2.44. The van der Waals surface area contributed by atoms with Gasteiger partial charge in [-0.25, -0.2) is 0 Å². The normalized spacial score (nSPS) is 33.9. The van der Waals surface area contributed by atoms with Gasteiger partial charge in [-0.2, -0.15) is 0 Å². The minimum Gasteiger partial charge on any atom is -0.392 e. The number of aliphatic hydroxyl groups is 1. The molecule has 0 amide bonds. The summed E-state index contributed by atoms with van der Waals surface area (Å²) < 4.78 is 5.13. The molecule has 0 aromatic heterocycles. The van der Waals surface area contributed by atoms with E-state index in [1.165, 1.54) is 12.8 Å². The largest absolute Gasteiger partial charge is 0.392 e. The average Bonchev–Trinajstić information content (AvgIpc) is 2.73. The zero-order valence-corrected chi connectivity index (χ0v) is 10.9. The van der Waals surface area contributed by atoms with Gasteiger partial charge < -0.3 is 15.6 Å². The lowest BCUT2D eigenvalue weighted by molar-refractivity contribution is -0.0317. The molecule has 4 atom stereocenters. The first-order chi connectivity index (χ1) is 7.59. The number of ether oxygens (including phenoxy) is 1. The number of rotatable bonds is 6. The van der Waals surface area contributed by atoms with Crippen LogP contribution < -0.4 is 5.73 Å². The first-order valence-corrected chi connectivity index (χ1v) is 6.46. The van der Waals surface area contributed by atoms with Crippen LogP contribution in [0.3, 0.4) is 0 Å². The maximum Gasteiger partial charge on any atom is 0.0656 e. The van der Waals surface area contributed by atoms with Gasteiger partial charge in [0, 0.05) is 25.0 Å². The molecule has 1 rings (SSSR count). The maximum atomic E-state index is 10.5. The standard InChI is InChI=1S/C13H27NO2/c1-4-11-5-6-13(7-11,9-14)12(15)10(2)8-16-3/h10-12,15H,4-9,14H2,1-3H3. The molecule has 0 aromatic rings. The molecule has 0 spiro atoms. The molecule has 1 fully saturated rings. The van der Waals surface area contributed by atoms with Gasteiger partial charge >= 0.3 is 0 Å². The van der Waals surface area contributed by atoms with Gasteiger partial charge in [0.25, 0.3) is 0 Å². The van der Waals surface area contributed by atoms with Crippen molar-refractivity contribution < 1.29 is 9.84 Å². The molecule has 96 valence electrons. The lowest BCUT2D eigenvalue weighted by atomic mass is 9.75. The fourth-order valence-corrected chi connectivity index (χ4v) is 3.15. The molecule has 0 heterocycles. The molecule has 1 aliphatic carbocycles. The SMILES string of the molecule is CCC1CCC(CN)(C(O)C(C)COC)C1. The first-order valence-electron chi connectivity index (χ1n) is 6.46. The predicted octanol–water partition coefficient (Wildman–Crippen LogP) is 1.79. The Morgan fingerprint density at radius 3 is 2.69 bits per heavy atom. The van der Waals surface area contributed by atoms with E-state index in [0.29, 0.717) is 13.2 Å². The predicted molar refractivity (Wildman–Crippen MR) is 66.2 cm³/mol.